The van der Waals surface area contributed by atoms with Crippen molar-refractivity contribution in [3.05, 3.63) is 70.4 Å². The maximum Gasteiger partial charge on any atom is 0.416 e. The Kier molecular flexibility index (Phi) is 6.76. The number of alkyl halides is 3. The molecule has 9 heteroatoms. The number of nitrogens with one attached hydrogen (secondary N) is 1. The minimum Gasteiger partial charge on any atom is -0.283 e. The van der Waals surface area contributed by atoms with Crippen LogP contribution in [0, 0.1) is 6.92 Å². The largest absolute Gasteiger partial charge is 0.416 e. The molecule has 0 spiro atoms. The molecule has 1 aliphatic rings. The number of amides is 1. The normalized spacial score (nSPS) is 15.3. The molecule has 5 nitrogen and oxygen atoms in total. The van der Waals surface area contributed by atoms with Crippen LogP contribution in [0.2, 0.25) is 5.02 Å². The van der Waals surface area contributed by atoms with Gasteiger partial charge in [0.05, 0.1) is 16.9 Å². The van der Waals surface area contributed by atoms with Crippen LogP contribution in [-0.4, -0.2) is 33.8 Å². The Morgan fingerprint density at radius 2 is 1.58 bits per heavy atom. The summed E-state index contributed by atoms with van der Waals surface area (Å²) in [4.78, 5) is 13.1. The van der Waals surface area contributed by atoms with Gasteiger partial charge in [-0.05, 0) is 56.2 Å². The summed E-state index contributed by atoms with van der Waals surface area (Å²) in [6, 6.07) is 11.8. The van der Waals surface area contributed by atoms with Gasteiger partial charge in [-0.2, -0.15) is 18.3 Å². The van der Waals surface area contributed by atoms with Gasteiger partial charge in [0.25, 0.3) is 5.91 Å². The fourth-order valence-electron chi connectivity index (χ4n) is 4.02. The van der Waals surface area contributed by atoms with Crippen molar-refractivity contribution in [1.82, 2.24) is 20.2 Å². The lowest BCUT2D eigenvalue weighted by molar-refractivity contribution is -0.137. The van der Waals surface area contributed by atoms with Crippen LogP contribution in [0.3, 0.4) is 0 Å². The van der Waals surface area contributed by atoms with E-state index in [1.807, 2.05) is 5.01 Å². The Morgan fingerprint density at radius 3 is 2.15 bits per heavy atom. The lowest BCUT2D eigenvalue weighted by Crippen LogP contribution is -2.43. The molecule has 0 radical (unpaired) electrons. The van der Waals surface area contributed by atoms with E-state index < -0.39 is 11.7 Å². The number of carbonyl (C=O) groups is 1. The molecule has 33 heavy (non-hydrogen) atoms. The third-order valence-corrected chi connectivity index (χ3v) is 6.01. The van der Waals surface area contributed by atoms with E-state index in [9.17, 15) is 18.0 Å². The molecule has 1 N–H and O–H groups in total. The van der Waals surface area contributed by atoms with Crippen molar-refractivity contribution in [3.8, 4) is 16.9 Å². The number of hydrogen-bond donors (Lipinski definition) is 1. The zero-order valence-electron chi connectivity index (χ0n) is 18.1. The van der Waals surface area contributed by atoms with Crippen molar-refractivity contribution >= 4 is 17.5 Å². The molecule has 1 amide bonds. The van der Waals surface area contributed by atoms with Crippen LogP contribution >= 0.6 is 11.6 Å². The summed E-state index contributed by atoms with van der Waals surface area (Å²) >= 11 is 6.03. The van der Waals surface area contributed by atoms with Gasteiger partial charge in [0, 0.05) is 29.2 Å². The van der Waals surface area contributed by atoms with E-state index in [1.165, 1.54) is 16.8 Å². The molecular weight excluding hydrogens is 453 g/mol. The zero-order valence-corrected chi connectivity index (χ0v) is 18.9. The van der Waals surface area contributed by atoms with Crippen LogP contribution in [0.1, 0.15) is 47.3 Å². The van der Waals surface area contributed by atoms with Gasteiger partial charge in [0.1, 0.15) is 0 Å². The van der Waals surface area contributed by atoms with E-state index in [2.05, 4.69) is 10.5 Å². The number of hydrogen-bond acceptors (Lipinski definition) is 3. The number of hydrazine groups is 1. The SMILES string of the molecule is Cc1c(C(=O)NN2CCCCCC2)nn(-c2ccc(C(F)(F)F)cc2)c1-c1ccc(Cl)cc1. The van der Waals surface area contributed by atoms with Gasteiger partial charge in [-0.3, -0.25) is 10.2 Å². The number of carbonyl (C=O) groups excluding carboxylic acids is 1. The van der Waals surface area contributed by atoms with Gasteiger partial charge in [-0.15, -0.1) is 0 Å². The summed E-state index contributed by atoms with van der Waals surface area (Å²) in [6.07, 6.45) is -0.149. The summed E-state index contributed by atoms with van der Waals surface area (Å²) in [5.74, 6) is -0.338. The van der Waals surface area contributed by atoms with Crippen molar-refractivity contribution < 1.29 is 18.0 Å². The number of aromatic nitrogens is 2. The highest BCUT2D eigenvalue weighted by atomic mass is 35.5. The van der Waals surface area contributed by atoms with E-state index in [0.717, 1.165) is 56.5 Å². The van der Waals surface area contributed by atoms with Crippen LogP contribution in [0.25, 0.3) is 16.9 Å². The molecule has 0 atom stereocenters. The second-order valence-electron chi connectivity index (χ2n) is 8.13. The Hall–Kier alpha value is -2.84. The van der Waals surface area contributed by atoms with E-state index in [0.29, 0.717) is 22.0 Å². The van der Waals surface area contributed by atoms with E-state index in [4.69, 9.17) is 11.6 Å². The lowest BCUT2D eigenvalue weighted by Gasteiger charge is -2.20. The number of nitrogens with zero attached hydrogens (tertiary/aromatic N) is 3. The van der Waals surface area contributed by atoms with Crippen molar-refractivity contribution in [2.24, 2.45) is 0 Å². The molecule has 0 bridgehead atoms. The molecule has 1 aromatic heterocycles. The Labute approximate surface area is 195 Å². The van der Waals surface area contributed by atoms with Gasteiger partial charge >= 0.3 is 6.18 Å². The first-order valence-electron chi connectivity index (χ1n) is 10.8. The van der Waals surface area contributed by atoms with Gasteiger partial charge in [-0.25, -0.2) is 9.69 Å². The molecule has 1 fully saturated rings. The third-order valence-electron chi connectivity index (χ3n) is 5.76. The van der Waals surface area contributed by atoms with E-state index in [1.54, 1.807) is 31.2 Å². The first kappa shape index (κ1) is 23.3. The second kappa shape index (κ2) is 9.57. The highest BCUT2D eigenvalue weighted by Crippen LogP contribution is 2.32. The maximum absolute atomic E-state index is 13.1. The first-order chi connectivity index (χ1) is 15.7. The molecule has 0 saturated carbocycles. The highest BCUT2D eigenvalue weighted by molar-refractivity contribution is 6.30. The number of halogens is 4. The van der Waals surface area contributed by atoms with Crippen LogP contribution in [-0.2, 0) is 6.18 Å². The lowest BCUT2D eigenvalue weighted by atomic mass is 10.1. The average molecular weight is 477 g/mol. The maximum atomic E-state index is 13.1. The smallest absolute Gasteiger partial charge is 0.283 e. The van der Waals surface area contributed by atoms with Crippen LogP contribution < -0.4 is 5.43 Å². The number of rotatable bonds is 4. The molecule has 3 aromatic rings. The summed E-state index contributed by atoms with van der Waals surface area (Å²) in [6.45, 7) is 3.33. The van der Waals surface area contributed by atoms with Crippen LogP contribution in [0.15, 0.2) is 48.5 Å². The van der Waals surface area contributed by atoms with Crippen molar-refractivity contribution in [1.29, 1.82) is 0 Å². The van der Waals surface area contributed by atoms with E-state index in [-0.39, 0.29) is 11.6 Å². The molecule has 1 aliphatic heterocycles. The Morgan fingerprint density at radius 1 is 0.970 bits per heavy atom. The van der Waals surface area contributed by atoms with Crippen molar-refractivity contribution in [2.45, 2.75) is 38.8 Å². The first-order valence-corrected chi connectivity index (χ1v) is 11.2. The predicted octanol–water partition coefficient (Wildman–Crippen LogP) is 6.04. The van der Waals surface area contributed by atoms with Crippen molar-refractivity contribution in [3.63, 3.8) is 0 Å². The van der Waals surface area contributed by atoms with Gasteiger partial charge in [0.2, 0.25) is 0 Å². The summed E-state index contributed by atoms with van der Waals surface area (Å²) < 4.78 is 40.6. The molecule has 0 unspecified atom stereocenters. The monoisotopic (exact) mass is 476 g/mol. The second-order valence-corrected chi connectivity index (χ2v) is 8.56. The molecule has 174 valence electrons. The Bertz CT molecular complexity index is 1120. The quantitative estimate of drug-likeness (QED) is 0.499. The van der Waals surface area contributed by atoms with Gasteiger partial charge in [-0.1, -0.05) is 36.6 Å². The molecule has 1 saturated heterocycles. The fraction of sp³-hybridized carbons (Fsp3) is 0.333. The van der Waals surface area contributed by atoms with E-state index >= 15 is 0 Å². The predicted molar refractivity (Wildman–Crippen MR) is 121 cm³/mol. The molecule has 0 aliphatic carbocycles. The Balaban J connectivity index is 1.74. The molecule has 4 rings (SSSR count). The number of benzene rings is 2. The van der Waals surface area contributed by atoms with Gasteiger partial charge in [0.15, 0.2) is 5.69 Å². The zero-order chi connectivity index (χ0) is 23.6. The van der Waals surface area contributed by atoms with Gasteiger partial charge < -0.3 is 0 Å². The average Bonchev–Trinajstić information content (AvgIpc) is 2.94. The topological polar surface area (TPSA) is 50.2 Å². The fourth-order valence-corrected chi connectivity index (χ4v) is 4.14. The molecular formula is C24H24ClF3N4O. The third kappa shape index (κ3) is 5.23. The van der Waals surface area contributed by atoms with Crippen LogP contribution in [0.5, 0.6) is 0 Å². The molecule has 2 heterocycles. The molecule has 2 aromatic carbocycles. The summed E-state index contributed by atoms with van der Waals surface area (Å²) in [7, 11) is 0. The van der Waals surface area contributed by atoms with Crippen LogP contribution in [0.4, 0.5) is 13.2 Å². The summed E-state index contributed by atoms with van der Waals surface area (Å²) in [5.41, 5.74) is 4.84. The summed E-state index contributed by atoms with van der Waals surface area (Å²) in [5, 5.41) is 6.99. The van der Waals surface area contributed by atoms with Crippen molar-refractivity contribution in [2.75, 3.05) is 13.1 Å². The standard InChI is InChI=1S/C24H24ClF3N4O/c1-16-21(23(33)30-31-14-4-2-3-5-15-31)29-32(22(16)17-6-10-19(25)11-7-17)20-12-8-18(9-13-20)24(26,27)28/h6-13H,2-5,14-15H2,1H3,(H,30,33). The minimum atomic E-state index is -4.43. The minimum absolute atomic E-state index is 0.226. The highest BCUT2D eigenvalue weighted by Gasteiger charge is 2.30.